The summed E-state index contributed by atoms with van der Waals surface area (Å²) in [6.45, 7) is 2.31. The fourth-order valence-electron chi connectivity index (χ4n) is 1.93. The van der Waals surface area contributed by atoms with Gasteiger partial charge in [-0.05, 0) is 42.8 Å². The maximum absolute atomic E-state index is 12.3. The van der Waals surface area contributed by atoms with E-state index in [0.717, 1.165) is 10.0 Å². The highest BCUT2D eigenvalue weighted by molar-refractivity contribution is 9.10. The lowest BCUT2D eigenvalue weighted by atomic mass is 10.1. The molecule has 2 aromatic rings. The average molecular weight is 373 g/mol. The van der Waals surface area contributed by atoms with Crippen LogP contribution in [0.1, 0.15) is 22.8 Å². The Morgan fingerprint density at radius 2 is 1.70 bits per heavy atom. The van der Waals surface area contributed by atoms with Crippen LogP contribution < -0.4 is 10.6 Å². The van der Waals surface area contributed by atoms with Gasteiger partial charge < -0.3 is 10.6 Å². The lowest BCUT2D eigenvalue weighted by Crippen LogP contribution is -2.34. The molecule has 0 heterocycles. The van der Waals surface area contributed by atoms with Gasteiger partial charge in [0.1, 0.15) is 5.70 Å². The summed E-state index contributed by atoms with van der Waals surface area (Å²) in [6.07, 6.45) is 1.65. The van der Waals surface area contributed by atoms with Gasteiger partial charge in [0.25, 0.3) is 11.8 Å². The molecule has 4 nitrogen and oxygen atoms in total. The molecule has 0 radical (unpaired) electrons. The Balaban J connectivity index is 2.24. The molecule has 0 aliphatic heterocycles. The van der Waals surface area contributed by atoms with Crippen LogP contribution in [0.2, 0.25) is 0 Å². The van der Waals surface area contributed by atoms with Crippen LogP contribution in [0.3, 0.4) is 0 Å². The first-order chi connectivity index (χ1) is 11.1. The maximum atomic E-state index is 12.3. The highest BCUT2D eigenvalue weighted by Gasteiger charge is 2.13. The standard InChI is InChI=1S/C18H17BrN2O2/c1-2-20-18(23)16(12-13-6-4-3-5-7-13)21-17(22)14-8-10-15(19)11-9-14/h3-12H,2H2,1H3,(H,20,23)(H,21,22). The van der Waals surface area contributed by atoms with Crippen LogP contribution in [0.4, 0.5) is 0 Å². The number of carbonyl (C=O) groups excluding carboxylic acids is 2. The molecule has 0 fully saturated rings. The molecule has 23 heavy (non-hydrogen) atoms. The fourth-order valence-corrected chi connectivity index (χ4v) is 2.19. The first-order valence-corrected chi connectivity index (χ1v) is 8.01. The van der Waals surface area contributed by atoms with E-state index in [1.807, 2.05) is 37.3 Å². The van der Waals surface area contributed by atoms with Gasteiger partial charge in [-0.15, -0.1) is 0 Å². The average Bonchev–Trinajstić information content (AvgIpc) is 2.56. The Morgan fingerprint density at radius 1 is 1.04 bits per heavy atom. The van der Waals surface area contributed by atoms with Crippen LogP contribution in [0.5, 0.6) is 0 Å². The molecule has 0 aliphatic rings. The molecule has 0 unspecified atom stereocenters. The van der Waals surface area contributed by atoms with E-state index in [0.29, 0.717) is 12.1 Å². The molecule has 0 saturated heterocycles. The molecule has 118 valence electrons. The topological polar surface area (TPSA) is 58.2 Å². The number of hydrogen-bond acceptors (Lipinski definition) is 2. The van der Waals surface area contributed by atoms with Crippen LogP contribution >= 0.6 is 15.9 Å². The van der Waals surface area contributed by atoms with Crippen LogP contribution in [0.15, 0.2) is 64.8 Å². The van der Waals surface area contributed by atoms with E-state index >= 15 is 0 Å². The van der Waals surface area contributed by atoms with Gasteiger partial charge in [-0.25, -0.2) is 0 Å². The predicted molar refractivity (Wildman–Crippen MR) is 94.7 cm³/mol. The van der Waals surface area contributed by atoms with Crippen LogP contribution in [-0.2, 0) is 4.79 Å². The van der Waals surface area contributed by atoms with E-state index in [9.17, 15) is 9.59 Å². The van der Waals surface area contributed by atoms with Crippen molar-refractivity contribution in [3.8, 4) is 0 Å². The molecule has 5 heteroatoms. The Labute approximate surface area is 143 Å². The van der Waals surface area contributed by atoms with Gasteiger partial charge in [0, 0.05) is 16.6 Å². The smallest absolute Gasteiger partial charge is 0.267 e. The number of rotatable bonds is 5. The minimum absolute atomic E-state index is 0.214. The maximum Gasteiger partial charge on any atom is 0.267 e. The highest BCUT2D eigenvalue weighted by Crippen LogP contribution is 2.11. The molecule has 0 saturated carbocycles. The molecule has 0 atom stereocenters. The van der Waals surface area contributed by atoms with Gasteiger partial charge >= 0.3 is 0 Å². The predicted octanol–water partition coefficient (Wildman–Crippen LogP) is 3.36. The molecule has 2 rings (SSSR count). The minimum Gasteiger partial charge on any atom is -0.351 e. The van der Waals surface area contributed by atoms with Gasteiger partial charge in [-0.3, -0.25) is 9.59 Å². The van der Waals surface area contributed by atoms with E-state index in [-0.39, 0.29) is 17.5 Å². The highest BCUT2D eigenvalue weighted by atomic mass is 79.9. The van der Waals surface area contributed by atoms with Gasteiger partial charge in [-0.1, -0.05) is 46.3 Å². The Kier molecular flexibility index (Phi) is 6.11. The number of carbonyl (C=O) groups is 2. The first-order valence-electron chi connectivity index (χ1n) is 7.22. The monoisotopic (exact) mass is 372 g/mol. The molecule has 0 aliphatic carbocycles. The SMILES string of the molecule is CCNC(=O)C(=Cc1ccccc1)NC(=O)c1ccc(Br)cc1. The zero-order valence-electron chi connectivity index (χ0n) is 12.7. The molecule has 0 spiro atoms. The van der Waals surface area contributed by atoms with E-state index in [4.69, 9.17) is 0 Å². The third-order valence-electron chi connectivity index (χ3n) is 3.05. The van der Waals surface area contributed by atoms with Crippen molar-refractivity contribution in [2.24, 2.45) is 0 Å². The molecule has 2 N–H and O–H groups in total. The molecular formula is C18H17BrN2O2. The summed E-state index contributed by atoms with van der Waals surface area (Å²) in [5, 5.41) is 5.38. The van der Waals surface area contributed by atoms with Crippen molar-refractivity contribution in [1.29, 1.82) is 0 Å². The summed E-state index contributed by atoms with van der Waals surface area (Å²) in [5.41, 5.74) is 1.53. The third kappa shape index (κ3) is 5.07. The third-order valence-corrected chi connectivity index (χ3v) is 3.58. The second-order valence-electron chi connectivity index (χ2n) is 4.79. The second-order valence-corrected chi connectivity index (χ2v) is 5.70. The van der Waals surface area contributed by atoms with Crippen molar-refractivity contribution < 1.29 is 9.59 Å². The van der Waals surface area contributed by atoms with Crippen molar-refractivity contribution >= 4 is 33.8 Å². The molecule has 2 amide bonds. The van der Waals surface area contributed by atoms with Gasteiger partial charge in [-0.2, -0.15) is 0 Å². The molecule has 2 aromatic carbocycles. The van der Waals surface area contributed by atoms with Crippen molar-refractivity contribution in [2.75, 3.05) is 6.54 Å². The Morgan fingerprint density at radius 3 is 2.30 bits per heavy atom. The lowest BCUT2D eigenvalue weighted by Gasteiger charge is -2.10. The zero-order chi connectivity index (χ0) is 16.7. The van der Waals surface area contributed by atoms with Crippen LogP contribution in [0, 0.1) is 0 Å². The number of nitrogens with one attached hydrogen (secondary N) is 2. The summed E-state index contributed by atoms with van der Waals surface area (Å²) in [5.74, 6) is -0.646. The quantitative estimate of drug-likeness (QED) is 0.790. The van der Waals surface area contributed by atoms with Crippen LogP contribution in [-0.4, -0.2) is 18.4 Å². The molecular weight excluding hydrogens is 356 g/mol. The summed E-state index contributed by atoms with van der Waals surface area (Å²) < 4.78 is 0.887. The number of likely N-dealkylation sites (N-methyl/N-ethyl adjacent to an activating group) is 1. The largest absolute Gasteiger partial charge is 0.351 e. The number of hydrogen-bond donors (Lipinski definition) is 2. The number of benzene rings is 2. The Hall–Kier alpha value is -2.40. The number of amides is 2. The molecule has 0 aromatic heterocycles. The van der Waals surface area contributed by atoms with Crippen molar-refractivity contribution in [3.05, 3.63) is 75.9 Å². The van der Waals surface area contributed by atoms with Gasteiger partial charge in [0.2, 0.25) is 0 Å². The normalized spacial score (nSPS) is 11.0. The van der Waals surface area contributed by atoms with Crippen molar-refractivity contribution in [2.45, 2.75) is 6.92 Å². The summed E-state index contributed by atoms with van der Waals surface area (Å²) in [6, 6.07) is 16.3. The lowest BCUT2D eigenvalue weighted by molar-refractivity contribution is -0.117. The fraction of sp³-hybridized carbons (Fsp3) is 0.111. The number of halogens is 1. The first kappa shape index (κ1) is 17.0. The summed E-state index contributed by atoms with van der Waals surface area (Å²) in [4.78, 5) is 24.5. The van der Waals surface area contributed by atoms with Crippen LogP contribution in [0.25, 0.3) is 6.08 Å². The van der Waals surface area contributed by atoms with Gasteiger partial charge in [0.15, 0.2) is 0 Å². The van der Waals surface area contributed by atoms with Crippen molar-refractivity contribution in [1.82, 2.24) is 10.6 Å². The second kappa shape index (κ2) is 8.29. The molecule has 0 bridgehead atoms. The summed E-state index contributed by atoms with van der Waals surface area (Å²) in [7, 11) is 0. The van der Waals surface area contributed by atoms with E-state index in [1.165, 1.54) is 0 Å². The Bertz CT molecular complexity index is 710. The van der Waals surface area contributed by atoms with E-state index in [1.54, 1.807) is 30.3 Å². The van der Waals surface area contributed by atoms with E-state index in [2.05, 4.69) is 26.6 Å². The zero-order valence-corrected chi connectivity index (χ0v) is 14.3. The van der Waals surface area contributed by atoms with E-state index < -0.39 is 0 Å². The summed E-state index contributed by atoms with van der Waals surface area (Å²) >= 11 is 3.33. The van der Waals surface area contributed by atoms with Gasteiger partial charge in [0.05, 0.1) is 0 Å². The minimum atomic E-state index is -0.328. The van der Waals surface area contributed by atoms with Crippen molar-refractivity contribution in [3.63, 3.8) is 0 Å².